The number of rotatable bonds is 5. The normalized spacial score (nSPS) is 10.3. The molecule has 3 rings (SSSR count). The molecule has 0 aliphatic carbocycles. The van der Waals surface area contributed by atoms with Crippen LogP contribution in [0, 0.1) is 0 Å². The maximum absolute atomic E-state index is 12.8. The van der Waals surface area contributed by atoms with Gasteiger partial charge in [-0.3, -0.25) is 4.79 Å². The first-order valence-corrected chi connectivity index (χ1v) is 8.31. The maximum atomic E-state index is 12.8. The van der Waals surface area contributed by atoms with Gasteiger partial charge in [0.25, 0.3) is 5.91 Å². The second-order valence-electron chi connectivity index (χ2n) is 5.28. The van der Waals surface area contributed by atoms with E-state index in [4.69, 9.17) is 0 Å². The Labute approximate surface area is 140 Å². The molecule has 1 heterocycles. The number of benzene rings is 2. The van der Waals surface area contributed by atoms with Crippen LogP contribution in [0.4, 0.5) is 11.4 Å². The number of thiophene rings is 1. The van der Waals surface area contributed by atoms with Crippen molar-refractivity contribution in [1.29, 1.82) is 0 Å². The number of carbonyl (C=O) groups excluding carboxylic acids is 1. The third-order valence-corrected chi connectivity index (χ3v) is 4.39. The minimum Gasteiger partial charge on any atom is -0.355 e. The van der Waals surface area contributed by atoms with Crippen LogP contribution >= 0.6 is 11.3 Å². The molecule has 3 aromatic rings. The largest absolute Gasteiger partial charge is 0.355 e. The van der Waals surface area contributed by atoms with Gasteiger partial charge in [0, 0.05) is 17.6 Å². The van der Waals surface area contributed by atoms with Crippen molar-refractivity contribution < 1.29 is 4.79 Å². The molecule has 0 saturated carbocycles. The third-order valence-electron chi connectivity index (χ3n) is 3.53. The molecule has 0 unspecified atom stereocenters. The lowest BCUT2D eigenvalue weighted by molar-refractivity contribution is 0.0787. The molecule has 0 bridgehead atoms. The highest BCUT2D eigenvalue weighted by molar-refractivity contribution is 7.09. The number of amides is 1. The summed E-state index contributed by atoms with van der Waals surface area (Å²) >= 11 is 1.66. The van der Waals surface area contributed by atoms with Crippen molar-refractivity contribution in [2.75, 3.05) is 12.4 Å². The van der Waals surface area contributed by atoms with Crippen LogP contribution in [0.3, 0.4) is 0 Å². The van der Waals surface area contributed by atoms with Crippen molar-refractivity contribution in [1.82, 2.24) is 4.90 Å². The van der Waals surface area contributed by atoms with Crippen LogP contribution in [0.25, 0.3) is 0 Å². The highest BCUT2D eigenvalue weighted by atomic mass is 32.1. The lowest BCUT2D eigenvalue weighted by atomic mass is 10.1. The summed E-state index contributed by atoms with van der Waals surface area (Å²) < 4.78 is 0. The molecule has 0 spiro atoms. The van der Waals surface area contributed by atoms with E-state index in [0.717, 1.165) is 11.4 Å². The Morgan fingerprint density at radius 3 is 2.48 bits per heavy atom. The molecule has 23 heavy (non-hydrogen) atoms. The molecular formula is C19H18N2OS. The van der Waals surface area contributed by atoms with E-state index in [-0.39, 0.29) is 5.91 Å². The molecular weight excluding hydrogens is 304 g/mol. The Hall–Kier alpha value is -2.59. The zero-order valence-corrected chi connectivity index (χ0v) is 13.7. The molecule has 2 aromatic carbocycles. The molecule has 116 valence electrons. The fourth-order valence-electron chi connectivity index (χ4n) is 2.37. The van der Waals surface area contributed by atoms with Crippen molar-refractivity contribution in [2.45, 2.75) is 6.54 Å². The number of para-hydroxylation sites is 2. The van der Waals surface area contributed by atoms with Crippen LogP contribution in [0.15, 0.2) is 72.1 Å². The van der Waals surface area contributed by atoms with E-state index in [0.29, 0.717) is 12.1 Å². The molecule has 1 aromatic heterocycles. The zero-order valence-electron chi connectivity index (χ0n) is 12.9. The molecule has 1 amide bonds. The molecule has 0 radical (unpaired) electrons. The van der Waals surface area contributed by atoms with Gasteiger partial charge in [-0.25, -0.2) is 0 Å². The van der Waals surface area contributed by atoms with E-state index in [1.165, 1.54) is 4.88 Å². The Kier molecular flexibility index (Phi) is 4.74. The van der Waals surface area contributed by atoms with Gasteiger partial charge >= 0.3 is 0 Å². The van der Waals surface area contributed by atoms with Crippen molar-refractivity contribution in [3.8, 4) is 0 Å². The van der Waals surface area contributed by atoms with Gasteiger partial charge < -0.3 is 10.2 Å². The Morgan fingerprint density at radius 2 is 1.74 bits per heavy atom. The number of hydrogen-bond donors (Lipinski definition) is 1. The predicted octanol–water partition coefficient (Wildman–Crippen LogP) is 4.76. The summed E-state index contributed by atoms with van der Waals surface area (Å²) in [5.74, 6) is 0.0115. The van der Waals surface area contributed by atoms with Crippen LogP contribution in [-0.4, -0.2) is 17.9 Å². The summed E-state index contributed by atoms with van der Waals surface area (Å²) in [5, 5.41) is 5.35. The van der Waals surface area contributed by atoms with Crippen molar-refractivity contribution in [3.05, 3.63) is 82.6 Å². The highest BCUT2D eigenvalue weighted by Crippen LogP contribution is 2.22. The second-order valence-corrected chi connectivity index (χ2v) is 6.31. The van der Waals surface area contributed by atoms with Gasteiger partial charge in [-0.1, -0.05) is 36.4 Å². The summed E-state index contributed by atoms with van der Waals surface area (Å²) in [7, 11) is 1.83. The smallest absolute Gasteiger partial charge is 0.256 e. The minimum atomic E-state index is 0.0115. The predicted molar refractivity (Wildman–Crippen MR) is 96.3 cm³/mol. The first-order chi connectivity index (χ1) is 11.2. The average Bonchev–Trinajstić information content (AvgIpc) is 3.08. The SMILES string of the molecule is CN(Cc1cccs1)C(=O)c1ccccc1Nc1ccccc1. The maximum Gasteiger partial charge on any atom is 0.256 e. The van der Waals surface area contributed by atoms with Gasteiger partial charge in [0.2, 0.25) is 0 Å². The minimum absolute atomic E-state index is 0.0115. The molecule has 4 heteroatoms. The van der Waals surface area contributed by atoms with Crippen LogP contribution < -0.4 is 5.32 Å². The van der Waals surface area contributed by atoms with E-state index in [9.17, 15) is 4.79 Å². The number of carbonyl (C=O) groups is 1. The lowest BCUT2D eigenvalue weighted by Crippen LogP contribution is -2.26. The fraction of sp³-hybridized carbons (Fsp3) is 0.105. The Balaban J connectivity index is 1.80. The van der Waals surface area contributed by atoms with Crippen LogP contribution in [-0.2, 0) is 6.54 Å². The molecule has 0 aliphatic rings. The Bertz CT molecular complexity index is 769. The standard InChI is InChI=1S/C19H18N2OS/c1-21(14-16-10-7-13-23-16)19(22)17-11-5-6-12-18(17)20-15-8-3-2-4-9-15/h2-13,20H,14H2,1H3. The summed E-state index contributed by atoms with van der Waals surface area (Å²) in [6.07, 6.45) is 0. The molecule has 0 aliphatic heterocycles. The summed E-state index contributed by atoms with van der Waals surface area (Å²) in [4.78, 5) is 15.7. The van der Waals surface area contributed by atoms with E-state index in [1.54, 1.807) is 16.2 Å². The number of nitrogens with one attached hydrogen (secondary N) is 1. The topological polar surface area (TPSA) is 32.3 Å². The van der Waals surface area contributed by atoms with Gasteiger partial charge in [-0.05, 0) is 35.7 Å². The van der Waals surface area contributed by atoms with Gasteiger partial charge in [0.1, 0.15) is 0 Å². The van der Waals surface area contributed by atoms with Gasteiger partial charge in [0.05, 0.1) is 17.8 Å². The van der Waals surface area contributed by atoms with Crippen molar-refractivity contribution in [3.63, 3.8) is 0 Å². The average molecular weight is 322 g/mol. The number of anilines is 2. The van der Waals surface area contributed by atoms with E-state index >= 15 is 0 Å². The van der Waals surface area contributed by atoms with Gasteiger partial charge in [0.15, 0.2) is 0 Å². The lowest BCUT2D eigenvalue weighted by Gasteiger charge is -2.19. The molecule has 0 fully saturated rings. The van der Waals surface area contributed by atoms with E-state index < -0.39 is 0 Å². The molecule has 0 atom stereocenters. The monoisotopic (exact) mass is 322 g/mol. The van der Waals surface area contributed by atoms with Crippen LogP contribution in [0.5, 0.6) is 0 Å². The number of hydrogen-bond acceptors (Lipinski definition) is 3. The number of nitrogens with zero attached hydrogens (tertiary/aromatic N) is 1. The first-order valence-electron chi connectivity index (χ1n) is 7.43. The Morgan fingerprint density at radius 1 is 1.00 bits per heavy atom. The third kappa shape index (κ3) is 3.79. The summed E-state index contributed by atoms with van der Waals surface area (Å²) in [5.41, 5.74) is 2.46. The highest BCUT2D eigenvalue weighted by Gasteiger charge is 2.16. The summed E-state index contributed by atoms with van der Waals surface area (Å²) in [6, 6.07) is 21.5. The van der Waals surface area contributed by atoms with Crippen LogP contribution in [0.2, 0.25) is 0 Å². The fourth-order valence-corrected chi connectivity index (χ4v) is 3.13. The second kappa shape index (κ2) is 7.11. The van der Waals surface area contributed by atoms with E-state index in [1.807, 2.05) is 79.2 Å². The summed E-state index contributed by atoms with van der Waals surface area (Å²) in [6.45, 7) is 0.621. The zero-order chi connectivity index (χ0) is 16.1. The molecule has 0 saturated heterocycles. The van der Waals surface area contributed by atoms with Gasteiger partial charge in [-0.2, -0.15) is 0 Å². The van der Waals surface area contributed by atoms with Crippen molar-refractivity contribution >= 4 is 28.6 Å². The van der Waals surface area contributed by atoms with Gasteiger partial charge in [-0.15, -0.1) is 11.3 Å². The quantitative estimate of drug-likeness (QED) is 0.734. The van der Waals surface area contributed by atoms with Crippen molar-refractivity contribution in [2.24, 2.45) is 0 Å². The van der Waals surface area contributed by atoms with E-state index in [2.05, 4.69) is 5.32 Å². The first kappa shape index (κ1) is 15.3. The van der Waals surface area contributed by atoms with Crippen LogP contribution in [0.1, 0.15) is 15.2 Å². The molecule has 1 N–H and O–H groups in total. The molecule has 3 nitrogen and oxygen atoms in total.